The van der Waals surface area contributed by atoms with Gasteiger partial charge in [-0.15, -0.1) is 0 Å². The maximum atomic E-state index is 13.5. The molecule has 1 aromatic rings. The van der Waals surface area contributed by atoms with Crippen LogP contribution in [-0.2, 0) is 0 Å². The first-order valence-electron chi connectivity index (χ1n) is 5.87. The van der Waals surface area contributed by atoms with E-state index in [-0.39, 0.29) is 23.9 Å². The quantitative estimate of drug-likeness (QED) is 0.567. The molecule has 0 aliphatic carbocycles. The fraction of sp³-hybridized carbons (Fsp3) is 0.538. The van der Waals surface area contributed by atoms with Crippen LogP contribution in [-0.4, -0.2) is 17.8 Å². The van der Waals surface area contributed by atoms with Crippen LogP contribution in [0.25, 0.3) is 0 Å². The average molecular weight is 366 g/mol. The van der Waals surface area contributed by atoms with Gasteiger partial charge in [-0.1, -0.05) is 20.8 Å². The van der Waals surface area contributed by atoms with Gasteiger partial charge in [0.2, 0.25) is 0 Å². The Labute approximate surface area is 121 Å². The van der Waals surface area contributed by atoms with Gasteiger partial charge in [-0.2, -0.15) is 0 Å². The number of hydrogen-bond donors (Lipinski definition) is 3. The molecule has 0 aromatic heterocycles. The second-order valence-corrected chi connectivity index (χ2v) is 6.59. The van der Waals surface area contributed by atoms with E-state index in [4.69, 9.17) is 10.8 Å². The highest BCUT2D eigenvalue weighted by Gasteiger charge is 2.24. The van der Waals surface area contributed by atoms with E-state index in [1.165, 1.54) is 6.07 Å². The first-order chi connectivity index (χ1) is 8.25. The van der Waals surface area contributed by atoms with E-state index in [1.807, 2.05) is 22.6 Å². The number of benzene rings is 1. The maximum Gasteiger partial charge on any atom is 0.138 e. The molecule has 0 saturated carbocycles. The van der Waals surface area contributed by atoms with Crippen LogP contribution < -0.4 is 11.1 Å². The van der Waals surface area contributed by atoms with Crippen molar-refractivity contribution in [1.29, 1.82) is 0 Å². The van der Waals surface area contributed by atoms with Gasteiger partial charge in [-0.25, -0.2) is 4.39 Å². The van der Waals surface area contributed by atoms with E-state index in [9.17, 15) is 4.39 Å². The van der Waals surface area contributed by atoms with Gasteiger partial charge in [0.15, 0.2) is 0 Å². The number of nitrogen functional groups attached to an aromatic ring is 1. The molecule has 18 heavy (non-hydrogen) atoms. The molecule has 4 N–H and O–H groups in total. The van der Waals surface area contributed by atoms with Crippen LogP contribution in [0.3, 0.4) is 0 Å². The smallest absolute Gasteiger partial charge is 0.138 e. The first-order valence-corrected chi connectivity index (χ1v) is 6.95. The molecular weight excluding hydrogens is 346 g/mol. The Bertz CT molecular complexity index is 418. The molecule has 0 fully saturated rings. The lowest BCUT2D eigenvalue weighted by Crippen LogP contribution is -2.35. The second-order valence-electron chi connectivity index (χ2n) is 5.43. The van der Waals surface area contributed by atoms with Crippen LogP contribution in [0.2, 0.25) is 0 Å². The highest BCUT2D eigenvalue weighted by atomic mass is 127. The first kappa shape index (κ1) is 15.5. The topological polar surface area (TPSA) is 58.3 Å². The summed E-state index contributed by atoms with van der Waals surface area (Å²) >= 11 is 1.91. The zero-order chi connectivity index (χ0) is 13.9. The van der Waals surface area contributed by atoms with Gasteiger partial charge in [0, 0.05) is 18.7 Å². The minimum absolute atomic E-state index is 0.0317. The lowest BCUT2D eigenvalue weighted by molar-refractivity contribution is 0.235. The minimum atomic E-state index is -0.288. The molecule has 5 heteroatoms. The van der Waals surface area contributed by atoms with Gasteiger partial charge in [-0.3, -0.25) is 0 Å². The molecule has 0 spiro atoms. The lowest BCUT2D eigenvalue weighted by Gasteiger charge is -2.32. The molecule has 0 heterocycles. The SMILES string of the molecule is CC(C)(C)C(CCO)Nc1cc(F)c(I)cc1N. The molecule has 0 amide bonds. The van der Waals surface area contributed by atoms with Crippen molar-refractivity contribution in [3.05, 3.63) is 21.5 Å². The molecule has 3 nitrogen and oxygen atoms in total. The third-order valence-corrected chi connectivity index (χ3v) is 3.71. The lowest BCUT2D eigenvalue weighted by atomic mass is 9.84. The minimum Gasteiger partial charge on any atom is -0.397 e. The second kappa shape index (κ2) is 6.06. The van der Waals surface area contributed by atoms with Crippen LogP contribution in [0, 0.1) is 14.8 Å². The van der Waals surface area contributed by atoms with Gasteiger partial charge < -0.3 is 16.2 Å². The normalized spacial score (nSPS) is 13.4. The molecular formula is C13H20FIN2O. The summed E-state index contributed by atoms with van der Waals surface area (Å²) in [7, 11) is 0. The van der Waals surface area contributed by atoms with Crippen LogP contribution in [0.5, 0.6) is 0 Å². The third-order valence-electron chi connectivity index (χ3n) is 2.89. The van der Waals surface area contributed by atoms with Crippen LogP contribution in [0.15, 0.2) is 12.1 Å². The molecule has 102 valence electrons. The van der Waals surface area contributed by atoms with Crippen molar-refractivity contribution in [2.75, 3.05) is 17.7 Å². The van der Waals surface area contributed by atoms with E-state index >= 15 is 0 Å². The van der Waals surface area contributed by atoms with E-state index < -0.39 is 0 Å². The third kappa shape index (κ3) is 3.98. The fourth-order valence-electron chi connectivity index (χ4n) is 1.73. The average Bonchev–Trinajstić information content (AvgIpc) is 2.23. The molecule has 0 bridgehead atoms. The summed E-state index contributed by atoms with van der Waals surface area (Å²) in [5.74, 6) is -0.288. The molecule has 0 aliphatic heterocycles. The van der Waals surface area contributed by atoms with Gasteiger partial charge >= 0.3 is 0 Å². The summed E-state index contributed by atoms with van der Waals surface area (Å²) in [5.41, 5.74) is 6.94. The zero-order valence-corrected chi connectivity index (χ0v) is 13.1. The van der Waals surface area contributed by atoms with Crippen molar-refractivity contribution in [2.24, 2.45) is 5.41 Å². The van der Waals surface area contributed by atoms with Crippen molar-refractivity contribution in [3.63, 3.8) is 0 Å². The zero-order valence-electron chi connectivity index (χ0n) is 10.9. The van der Waals surface area contributed by atoms with Crippen LogP contribution >= 0.6 is 22.6 Å². The largest absolute Gasteiger partial charge is 0.397 e. The number of nitrogens with two attached hydrogens (primary N) is 1. The van der Waals surface area contributed by atoms with Crippen molar-refractivity contribution in [2.45, 2.75) is 33.2 Å². The number of aliphatic hydroxyl groups is 1. The van der Waals surface area contributed by atoms with Gasteiger partial charge in [0.25, 0.3) is 0 Å². The number of rotatable bonds is 4. The number of anilines is 2. The van der Waals surface area contributed by atoms with Gasteiger partial charge in [-0.05, 0) is 40.5 Å². The highest BCUT2D eigenvalue weighted by Crippen LogP contribution is 2.30. The molecule has 1 aromatic carbocycles. The summed E-state index contributed by atoms with van der Waals surface area (Å²) in [6.45, 7) is 6.29. The molecule has 1 atom stereocenters. The molecule has 0 saturated heterocycles. The Morgan fingerprint density at radius 2 is 2.06 bits per heavy atom. The van der Waals surface area contributed by atoms with E-state index in [2.05, 4.69) is 26.1 Å². The Balaban J connectivity index is 2.97. The van der Waals surface area contributed by atoms with Crippen molar-refractivity contribution in [3.8, 4) is 0 Å². The number of nitrogens with one attached hydrogen (secondary N) is 1. The Kier molecular flexibility index (Phi) is 5.21. The predicted molar refractivity (Wildman–Crippen MR) is 82.1 cm³/mol. The van der Waals surface area contributed by atoms with E-state index in [1.54, 1.807) is 6.07 Å². The van der Waals surface area contributed by atoms with E-state index in [0.717, 1.165) is 0 Å². The Hall–Kier alpha value is -0.560. The van der Waals surface area contributed by atoms with Gasteiger partial charge in [0.05, 0.1) is 14.9 Å². The highest BCUT2D eigenvalue weighted by molar-refractivity contribution is 14.1. The van der Waals surface area contributed by atoms with Crippen molar-refractivity contribution >= 4 is 34.0 Å². The molecule has 1 unspecified atom stereocenters. The Morgan fingerprint density at radius 1 is 1.44 bits per heavy atom. The number of aliphatic hydroxyl groups excluding tert-OH is 1. The van der Waals surface area contributed by atoms with Crippen molar-refractivity contribution < 1.29 is 9.50 Å². The van der Waals surface area contributed by atoms with E-state index in [0.29, 0.717) is 21.4 Å². The Morgan fingerprint density at radius 3 is 2.56 bits per heavy atom. The molecule has 1 rings (SSSR count). The summed E-state index contributed by atoms with van der Waals surface area (Å²) in [4.78, 5) is 0. The number of halogens is 2. The van der Waals surface area contributed by atoms with Gasteiger partial charge in [0.1, 0.15) is 5.82 Å². The fourth-order valence-corrected chi connectivity index (χ4v) is 2.22. The summed E-state index contributed by atoms with van der Waals surface area (Å²) in [5, 5.41) is 12.3. The summed E-state index contributed by atoms with van der Waals surface area (Å²) < 4.78 is 14.0. The monoisotopic (exact) mass is 366 g/mol. The molecule has 0 aliphatic rings. The summed E-state index contributed by atoms with van der Waals surface area (Å²) in [6, 6.07) is 3.05. The molecule has 0 radical (unpaired) electrons. The predicted octanol–water partition coefficient (Wildman–Crippen LogP) is 3.22. The summed E-state index contributed by atoms with van der Waals surface area (Å²) in [6.07, 6.45) is 0.594. The standard InChI is InChI=1S/C13H20FIN2O/c1-13(2,3)12(4-5-18)17-11-6-8(14)9(15)7-10(11)16/h6-7,12,17-18H,4-5,16H2,1-3H3. The van der Waals surface area contributed by atoms with Crippen molar-refractivity contribution in [1.82, 2.24) is 0 Å². The number of hydrogen-bond acceptors (Lipinski definition) is 3. The van der Waals surface area contributed by atoms with Crippen LogP contribution in [0.4, 0.5) is 15.8 Å². The maximum absolute atomic E-state index is 13.5. The van der Waals surface area contributed by atoms with Crippen LogP contribution in [0.1, 0.15) is 27.2 Å².